The highest BCUT2D eigenvalue weighted by Gasteiger charge is 2.28. The van der Waals surface area contributed by atoms with E-state index >= 15 is 0 Å². The SMILES string of the molecule is CC(C)C(C(=O)NCC(C)N1CCN(c2ccccc2)CC1)n1cnc2cc(F)c(F)cc21. The van der Waals surface area contributed by atoms with E-state index in [1.165, 1.54) is 12.0 Å². The Labute approximate surface area is 193 Å². The van der Waals surface area contributed by atoms with Crippen LogP contribution in [-0.2, 0) is 4.79 Å². The van der Waals surface area contributed by atoms with Crippen molar-refractivity contribution in [2.45, 2.75) is 32.9 Å². The third kappa shape index (κ3) is 5.00. The first kappa shape index (κ1) is 23.2. The number of halogens is 2. The highest BCUT2D eigenvalue weighted by atomic mass is 19.2. The zero-order valence-corrected chi connectivity index (χ0v) is 19.3. The van der Waals surface area contributed by atoms with Crippen molar-refractivity contribution in [3.8, 4) is 0 Å². The number of imidazole rings is 1. The summed E-state index contributed by atoms with van der Waals surface area (Å²) in [6.45, 7) is 10.2. The van der Waals surface area contributed by atoms with E-state index in [2.05, 4.69) is 51.3 Å². The van der Waals surface area contributed by atoms with Gasteiger partial charge >= 0.3 is 0 Å². The predicted molar refractivity (Wildman–Crippen MR) is 126 cm³/mol. The number of piperazine rings is 1. The Morgan fingerprint density at radius 2 is 1.70 bits per heavy atom. The third-order valence-corrected chi connectivity index (χ3v) is 6.45. The molecule has 2 aromatic carbocycles. The third-order valence-electron chi connectivity index (χ3n) is 6.45. The van der Waals surface area contributed by atoms with Gasteiger partial charge in [0, 0.05) is 56.6 Å². The molecule has 1 saturated heterocycles. The molecule has 0 spiro atoms. The molecular weight excluding hydrogens is 424 g/mol. The molecule has 0 bridgehead atoms. The highest BCUT2D eigenvalue weighted by Crippen LogP contribution is 2.25. The lowest BCUT2D eigenvalue weighted by molar-refractivity contribution is -0.125. The molecule has 0 saturated carbocycles. The molecule has 2 heterocycles. The van der Waals surface area contributed by atoms with Gasteiger partial charge in [-0.25, -0.2) is 13.8 Å². The minimum absolute atomic E-state index is 0.0553. The van der Waals surface area contributed by atoms with Gasteiger partial charge in [0.25, 0.3) is 0 Å². The lowest BCUT2D eigenvalue weighted by Crippen LogP contribution is -2.53. The maximum atomic E-state index is 13.8. The van der Waals surface area contributed by atoms with Gasteiger partial charge in [-0.2, -0.15) is 0 Å². The molecule has 1 aliphatic rings. The van der Waals surface area contributed by atoms with Crippen molar-refractivity contribution in [3.05, 3.63) is 60.4 Å². The number of amides is 1. The maximum absolute atomic E-state index is 13.8. The first-order chi connectivity index (χ1) is 15.8. The molecule has 8 heteroatoms. The Morgan fingerprint density at radius 3 is 2.36 bits per heavy atom. The lowest BCUT2D eigenvalue weighted by atomic mass is 10.0. The predicted octanol–water partition coefficient (Wildman–Crippen LogP) is 3.84. The molecule has 1 aromatic heterocycles. The number of benzene rings is 2. The average Bonchev–Trinajstić information content (AvgIpc) is 3.20. The average molecular weight is 456 g/mol. The number of hydrogen-bond acceptors (Lipinski definition) is 4. The largest absolute Gasteiger partial charge is 0.369 e. The monoisotopic (exact) mass is 455 g/mol. The summed E-state index contributed by atoms with van der Waals surface area (Å²) < 4.78 is 29.1. The van der Waals surface area contributed by atoms with Gasteiger partial charge in [0.15, 0.2) is 11.6 Å². The van der Waals surface area contributed by atoms with Gasteiger partial charge in [0.2, 0.25) is 5.91 Å². The number of carbonyl (C=O) groups is 1. The van der Waals surface area contributed by atoms with Gasteiger partial charge in [-0.1, -0.05) is 32.0 Å². The zero-order valence-electron chi connectivity index (χ0n) is 19.3. The molecule has 1 N–H and O–H groups in total. The molecule has 3 aromatic rings. The zero-order chi connectivity index (χ0) is 23.5. The summed E-state index contributed by atoms with van der Waals surface area (Å²) >= 11 is 0. The maximum Gasteiger partial charge on any atom is 0.243 e. The summed E-state index contributed by atoms with van der Waals surface area (Å²) in [5.41, 5.74) is 1.98. The van der Waals surface area contributed by atoms with E-state index < -0.39 is 17.7 Å². The van der Waals surface area contributed by atoms with Crippen molar-refractivity contribution >= 4 is 22.6 Å². The minimum atomic E-state index is -0.949. The van der Waals surface area contributed by atoms with Crippen LogP contribution in [0.2, 0.25) is 0 Å². The summed E-state index contributed by atoms with van der Waals surface area (Å²) in [6, 6.07) is 12.2. The van der Waals surface area contributed by atoms with Crippen LogP contribution in [0.5, 0.6) is 0 Å². The second-order valence-electron chi connectivity index (χ2n) is 9.05. The molecule has 176 valence electrons. The molecule has 2 unspecified atom stereocenters. The van der Waals surface area contributed by atoms with Crippen LogP contribution < -0.4 is 10.2 Å². The summed E-state index contributed by atoms with van der Waals surface area (Å²) in [6.07, 6.45) is 1.49. The topological polar surface area (TPSA) is 53.4 Å². The second-order valence-corrected chi connectivity index (χ2v) is 9.05. The Hall–Kier alpha value is -3.00. The van der Waals surface area contributed by atoms with Crippen LogP contribution in [0.3, 0.4) is 0 Å². The van der Waals surface area contributed by atoms with Crippen molar-refractivity contribution in [2.24, 2.45) is 5.92 Å². The number of fused-ring (bicyclic) bond motifs is 1. The second kappa shape index (κ2) is 9.87. The number of carbonyl (C=O) groups excluding carboxylic acids is 1. The van der Waals surface area contributed by atoms with Gasteiger partial charge < -0.3 is 14.8 Å². The molecular formula is C25H31F2N5O. The molecule has 33 heavy (non-hydrogen) atoms. The van der Waals surface area contributed by atoms with Crippen LogP contribution in [-0.4, -0.2) is 59.1 Å². The number of rotatable bonds is 7. The van der Waals surface area contributed by atoms with E-state index in [1.807, 2.05) is 19.9 Å². The molecule has 6 nitrogen and oxygen atoms in total. The molecule has 0 aliphatic carbocycles. The number of nitrogens with zero attached hydrogens (tertiary/aromatic N) is 4. The van der Waals surface area contributed by atoms with Crippen LogP contribution in [0.1, 0.15) is 26.8 Å². The summed E-state index contributed by atoms with van der Waals surface area (Å²) in [5, 5.41) is 3.07. The van der Waals surface area contributed by atoms with E-state index in [9.17, 15) is 13.6 Å². The smallest absolute Gasteiger partial charge is 0.243 e. The Balaban J connectivity index is 1.37. The lowest BCUT2D eigenvalue weighted by Gasteiger charge is -2.39. The number of para-hydroxylation sites is 1. The molecule has 0 radical (unpaired) electrons. The molecule has 1 fully saturated rings. The van der Waals surface area contributed by atoms with E-state index in [0.717, 1.165) is 38.3 Å². The Morgan fingerprint density at radius 1 is 1.03 bits per heavy atom. The number of aromatic nitrogens is 2. The molecule has 4 rings (SSSR count). The minimum Gasteiger partial charge on any atom is -0.369 e. The van der Waals surface area contributed by atoms with Gasteiger partial charge in [-0.3, -0.25) is 9.69 Å². The van der Waals surface area contributed by atoms with Gasteiger partial charge in [-0.05, 0) is 25.0 Å². The summed E-state index contributed by atoms with van der Waals surface area (Å²) in [4.78, 5) is 22.1. The van der Waals surface area contributed by atoms with Crippen LogP contribution in [0.25, 0.3) is 11.0 Å². The molecule has 2 atom stereocenters. The highest BCUT2D eigenvalue weighted by molar-refractivity contribution is 5.84. The van der Waals surface area contributed by atoms with E-state index in [4.69, 9.17) is 0 Å². The van der Waals surface area contributed by atoms with Crippen LogP contribution >= 0.6 is 0 Å². The number of hydrogen-bond donors (Lipinski definition) is 1. The van der Waals surface area contributed by atoms with E-state index in [0.29, 0.717) is 17.6 Å². The van der Waals surface area contributed by atoms with E-state index in [1.54, 1.807) is 4.57 Å². The van der Waals surface area contributed by atoms with Crippen molar-refractivity contribution in [1.29, 1.82) is 0 Å². The van der Waals surface area contributed by atoms with Crippen LogP contribution in [0, 0.1) is 17.6 Å². The first-order valence-electron chi connectivity index (χ1n) is 11.5. The van der Waals surface area contributed by atoms with Crippen LogP contribution in [0.15, 0.2) is 48.8 Å². The number of anilines is 1. The van der Waals surface area contributed by atoms with Crippen molar-refractivity contribution in [3.63, 3.8) is 0 Å². The van der Waals surface area contributed by atoms with Crippen molar-refractivity contribution in [1.82, 2.24) is 19.8 Å². The fraction of sp³-hybridized carbons (Fsp3) is 0.440. The molecule has 1 aliphatic heterocycles. The molecule has 1 amide bonds. The normalized spacial score (nSPS) is 16.8. The standard InChI is InChI=1S/C25H31F2N5O/c1-17(2)24(32-16-29-22-13-20(26)21(27)14-23(22)32)25(33)28-15-18(3)30-9-11-31(12-10-30)19-7-5-4-6-8-19/h4-8,13-14,16-18,24H,9-12,15H2,1-3H3,(H,28,33). The summed E-state index contributed by atoms with van der Waals surface area (Å²) in [7, 11) is 0. The van der Waals surface area contributed by atoms with Crippen LogP contribution in [0.4, 0.5) is 14.5 Å². The van der Waals surface area contributed by atoms with Crippen molar-refractivity contribution in [2.75, 3.05) is 37.6 Å². The first-order valence-corrected chi connectivity index (χ1v) is 11.5. The fourth-order valence-electron chi connectivity index (χ4n) is 4.54. The fourth-order valence-corrected chi connectivity index (χ4v) is 4.54. The quantitative estimate of drug-likeness (QED) is 0.588. The Kier molecular flexibility index (Phi) is 6.93. The van der Waals surface area contributed by atoms with Crippen molar-refractivity contribution < 1.29 is 13.6 Å². The van der Waals surface area contributed by atoms with Gasteiger partial charge in [-0.15, -0.1) is 0 Å². The summed E-state index contributed by atoms with van der Waals surface area (Å²) in [5.74, 6) is -2.10. The number of nitrogens with one attached hydrogen (secondary N) is 1. The Bertz CT molecular complexity index is 1090. The van der Waals surface area contributed by atoms with Gasteiger partial charge in [0.1, 0.15) is 6.04 Å². The van der Waals surface area contributed by atoms with E-state index in [-0.39, 0.29) is 17.9 Å². The van der Waals surface area contributed by atoms with Gasteiger partial charge in [0.05, 0.1) is 17.4 Å².